The molecule has 0 aliphatic carbocycles. The maximum atomic E-state index is 11.6. The number of likely N-dealkylation sites (N-methyl/N-ethyl adjacent to an activating group) is 1. The maximum Gasteiger partial charge on any atom is 0.273 e. The van der Waals surface area contributed by atoms with Crippen molar-refractivity contribution in [2.24, 2.45) is 5.29 Å². The van der Waals surface area contributed by atoms with Gasteiger partial charge in [0.05, 0.1) is 5.29 Å². The van der Waals surface area contributed by atoms with Crippen LogP contribution in [0.3, 0.4) is 0 Å². The van der Waals surface area contributed by atoms with Crippen LogP contribution < -0.4 is 10.3 Å². The number of carbonyl (C=O) groups is 1. The maximum absolute atomic E-state index is 11.6. The molecule has 1 N–H and O–H groups in total. The molecule has 0 spiro atoms. The van der Waals surface area contributed by atoms with Gasteiger partial charge in [-0.25, -0.2) is 10.4 Å². The smallest absolute Gasteiger partial charge is 0.273 e. The first-order chi connectivity index (χ1) is 14.2. The van der Waals surface area contributed by atoms with E-state index in [0.717, 1.165) is 49.3 Å². The number of nitrogens with zero attached hydrogens (tertiary/aromatic N) is 5. The van der Waals surface area contributed by atoms with Gasteiger partial charge in [0.25, 0.3) is 5.91 Å². The summed E-state index contributed by atoms with van der Waals surface area (Å²) in [5.41, 5.74) is 5.53. The third-order valence-corrected chi connectivity index (χ3v) is 5.52. The van der Waals surface area contributed by atoms with E-state index in [4.69, 9.17) is 0 Å². The summed E-state index contributed by atoms with van der Waals surface area (Å²) in [4.78, 5) is 31.3. The molecule has 0 radical (unpaired) electrons. The Morgan fingerprint density at radius 2 is 1.86 bits per heavy atom. The molecule has 1 aromatic carbocycles. The number of amides is 1. The van der Waals surface area contributed by atoms with E-state index in [1.165, 1.54) is 5.69 Å². The molecule has 8 nitrogen and oxygen atoms in total. The highest BCUT2D eigenvalue weighted by atomic mass is 16.3. The lowest BCUT2D eigenvalue weighted by molar-refractivity contribution is 0.0954. The van der Waals surface area contributed by atoms with Crippen molar-refractivity contribution in [1.29, 1.82) is 0 Å². The largest absolute Gasteiger partial charge is 0.368 e. The number of carbonyl (C=O) groups excluding carboxylic acids is 1. The molecule has 1 aliphatic heterocycles. The van der Waals surface area contributed by atoms with Crippen molar-refractivity contribution >= 4 is 22.6 Å². The zero-order valence-corrected chi connectivity index (χ0v) is 16.4. The second-order valence-corrected chi connectivity index (χ2v) is 7.16. The van der Waals surface area contributed by atoms with Crippen LogP contribution in [-0.2, 0) is 6.54 Å². The second-order valence-electron chi connectivity index (χ2n) is 7.16. The van der Waals surface area contributed by atoms with Gasteiger partial charge < -0.3 is 14.4 Å². The summed E-state index contributed by atoms with van der Waals surface area (Å²) in [6.45, 7) is 8.17. The zero-order valence-electron chi connectivity index (χ0n) is 16.4. The van der Waals surface area contributed by atoms with E-state index in [2.05, 4.69) is 49.9 Å². The Labute approximate surface area is 169 Å². The molecule has 150 valence electrons. The van der Waals surface area contributed by atoms with E-state index in [0.29, 0.717) is 12.1 Å². The van der Waals surface area contributed by atoms with Gasteiger partial charge >= 0.3 is 0 Å². The molecule has 4 rings (SSSR count). The Bertz CT molecular complexity index is 1010. The van der Waals surface area contributed by atoms with Crippen LogP contribution in [0.25, 0.3) is 11.0 Å². The Hall–Kier alpha value is -3.26. The summed E-state index contributed by atoms with van der Waals surface area (Å²) >= 11 is 0. The molecule has 0 saturated carbocycles. The summed E-state index contributed by atoms with van der Waals surface area (Å²) in [6.07, 6.45) is 3.93. The van der Waals surface area contributed by atoms with Crippen LogP contribution in [0.5, 0.6) is 0 Å². The van der Waals surface area contributed by atoms with E-state index in [-0.39, 0.29) is 0 Å². The van der Waals surface area contributed by atoms with Crippen molar-refractivity contribution in [2.45, 2.75) is 13.5 Å². The highest BCUT2D eigenvalue weighted by Crippen LogP contribution is 2.27. The Morgan fingerprint density at radius 1 is 1.10 bits per heavy atom. The number of anilines is 1. The van der Waals surface area contributed by atoms with Crippen molar-refractivity contribution in [3.8, 4) is 0 Å². The first kappa shape index (κ1) is 19.1. The first-order valence-corrected chi connectivity index (χ1v) is 9.82. The van der Waals surface area contributed by atoms with E-state index in [9.17, 15) is 9.70 Å². The SMILES string of the molecule is CCN1CCN(c2ccnc3c2ccn3Cc2ccc(C(=O)NN=O)cc2)CC1. The summed E-state index contributed by atoms with van der Waals surface area (Å²) in [7, 11) is 0. The third-order valence-electron chi connectivity index (χ3n) is 5.52. The molecule has 29 heavy (non-hydrogen) atoms. The lowest BCUT2D eigenvalue weighted by Gasteiger charge is -2.35. The average Bonchev–Trinajstić information content (AvgIpc) is 3.17. The number of pyridine rings is 1. The van der Waals surface area contributed by atoms with Gasteiger partial charge in [-0.2, -0.15) is 0 Å². The predicted octanol–water partition coefficient (Wildman–Crippen LogP) is 2.64. The molecule has 3 aromatic rings. The topological polar surface area (TPSA) is 82.8 Å². The fraction of sp³-hybridized carbons (Fsp3) is 0.333. The van der Waals surface area contributed by atoms with Gasteiger partial charge in [0.15, 0.2) is 0 Å². The molecule has 1 amide bonds. The van der Waals surface area contributed by atoms with Crippen molar-refractivity contribution in [3.63, 3.8) is 0 Å². The van der Waals surface area contributed by atoms with Crippen LogP contribution in [0.1, 0.15) is 22.8 Å². The molecule has 1 aliphatic rings. The minimum absolute atomic E-state index is 0.400. The van der Waals surface area contributed by atoms with Crippen molar-refractivity contribution < 1.29 is 4.79 Å². The summed E-state index contributed by atoms with van der Waals surface area (Å²) in [6, 6.07) is 11.4. The quantitative estimate of drug-likeness (QED) is 0.515. The lowest BCUT2D eigenvalue weighted by Crippen LogP contribution is -2.46. The highest BCUT2D eigenvalue weighted by molar-refractivity contribution is 5.94. The number of nitrogens with one attached hydrogen (secondary N) is 1. The molecule has 8 heteroatoms. The Balaban J connectivity index is 1.54. The van der Waals surface area contributed by atoms with Crippen LogP contribution in [-0.4, -0.2) is 53.1 Å². The standard InChI is InChI=1S/C21H24N6O2/c1-2-25-11-13-26(14-12-25)19-7-9-22-20-18(19)8-10-27(20)15-16-3-5-17(6-4-16)21(28)23-24-29/h3-10H,2,11-15H2,1H3,(H,23,28,29). The molecule has 1 saturated heterocycles. The minimum atomic E-state index is -0.507. The number of benzene rings is 1. The van der Waals surface area contributed by atoms with Gasteiger partial charge in [0, 0.05) is 61.8 Å². The summed E-state index contributed by atoms with van der Waals surface area (Å²) < 4.78 is 2.11. The van der Waals surface area contributed by atoms with Gasteiger partial charge in [-0.3, -0.25) is 4.79 Å². The zero-order chi connectivity index (χ0) is 20.2. The van der Waals surface area contributed by atoms with Crippen LogP contribution in [0.4, 0.5) is 5.69 Å². The summed E-state index contributed by atoms with van der Waals surface area (Å²) in [5.74, 6) is -0.507. The molecular formula is C21H24N6O2. The normalized spacial score (nSPS) is 14.9. The summed E-state index contributed by atoms with van der Waals surface area (Å²) in [5, 5.41) is 3.57. The van der Waals surface area contributed by atoms with E-state index >= 15 is 0 Å². The van der Waals surface area contributed by atoms with Crippen molar-refractivity contribution in [2.75, 3.05) is 37.6 Å². The number of fused-ring (bicyclic) bond motifs is 1. The fourth-order valence-electron chi connectivity index (χ4n) is 3.85. The van der Waals surface area contributed by atoms with Gasteiger partial charge in [0.1, 0.15) is 5.65 Å². The van der Waals surface area contributed by atoms with E-state index in [1.54, 1.807) is 12.1 Å². The van der Waals surface area contributed by atoms with Crippen molar-refractivity contribution in [3.05, 3.63) is 64.8 Å². The molecule has 0 bridgehead atoms. The fourth-order valence-corrected chi connectivity index (χ4v) is 3.85. The molecule has 2 aromatic heterocycles. The van der Waals surface area contributed by atoms with Crippen molar-refractivity contribution in [1.82, 2.24) is 19.9 Å². The molecule has 0 unspecified atom stereocenters. The highest BCUT2D eigenvalue weighted by Gasteiger charge is 2.18. The molecule has 3 heterocycles. The van der Waals surface area contributed by atoms with Gasteiger partial charge in [0.2, 0.25) is 0 Å². The van der Waals surface area contributed by atoms with Crippen LogP contribution >= 0.6 is 0 Å². The number of piperazine rings is 1. The average molecular weight is 392 g/mol. The minimum Gasteiger partial charge on any atom is -0.368 e. The number of rotatable bonds is 6. The van der Waals surface area contributed by atoms with Crippen LogP contribution in [0.15, 0.2) is 54.1 Å². The van der Waals surface area contributed by atoms with Gasteiger partial charge in [-0.05, 0) is 36.4 Å². The number of hydrogen-bond donors (Lipinski definition) is 1. The Kier molecular flexibility index (Phi) is 5.53. The number of aromatic nitrogens is 2. The second kappa shape index (κ2) is 8.40. The van der Waals surface area contributed by atoms with E-state index in [1.807, 2.05) is 23.8 Å². The first-order valence-electron chi connectivity index (χ1n) is 9.82. The third kappa shape index (κ3) is 3.97. The van der Waals surface area contributed by atoms with Crippen LogP contribution in [0, 0.1) is 4.91 Å². The van der Waals surface area contributed by atoms with Crippen LogP contribution in [0.2, 0.25) is 0 Å². The molecule has 0 atom stereocenters. The monoisotopic (exact) mass is 392 g/mol. The predicted molar refractivity (Wildman–Crippen MR) is 113 cm³/mol. The molecular weight excluding hydrogens is 368 g/mol. The van der Waals surface area contributed by atoms with Gasteiger partial charge in [-0.15, -0.1) is 4.91 Å². The van der Waals surface area contributed by atoms with E-state index < -0.39 is 5.91 Å². The lowest BCUT2D eigenvalue weighted by atomic mass is 10.1. The molecule has 1 fully saturated rings. The number of hydrogen-bond acceptors (Lipinski definition) is 6. The number of nitroso groups, excluding NO2 is 1. The van der Waals surface area contributed by atoms with Gasteiger partial charge in [-0.1, -0.05) is 19.1 Å². The Morgan fingerprint density at radius 3 is 2.55 bits per heavy atom.